The molecule has 2 heterocycles. The van der Waals surface area contributed by atoms with Crippen molar-refractivity contribution in [3.05, 3.63) is 23.9 Å². The minimum atomic E-state index is -4.24. The van der Waals surface area contributed by atoms with Gasteiger partial charge in [0.2, 0.25) is 5.88 Å². The number of nitrogens with zero attached hydrogens (tertiary/aromatic N) is 1. The maximum atomic E-state index is 12.8. The van der Waals surface area contributed by atoms with Gasteiger partial charge in [-0.1, -0.05) is 0 Å². The molecular formula is C16H22ClF4N3O2. The highest BCUT2D eigenvalue weighted by Crippen LogP contribution is 2.23. The van der Waals surface area contributed by atoms with Gasteiger partial charge in [-0.15, -0.1) is 12.4 Å². The number of rotatable bonds is 8. The summed E-state index contributed by atoms with van der Waals surface area (Å²) in [5.41, 5.74) is 0.245. The summed E-state index contributed by atoms with van der Waals surface area (Å²) in [7, 11) is 0. The van der Waals surface area contributed by atoms with Crippen molar-refractivity contribution in [2.75, 3.05) is 26.2 Å². The minimum absolute atomic E-state index is 0. The van der Waals surface area contributed by atoms with Crippen LogP contribution in [-0.4, -0.2) is 49.5 Å². The summed E-state index contributed by atoms with van der Waals surface area (Å²) in [6.07, 6.45) is 0.495. The molecule has 5 nitrogen and oxygen atoms in total. The van der Waals surface area contributed by atoms with Crippen LogP contribution in [0.1, 0.15) is 29.6 Å². The number of nitrogens with one attached hydrogen (secondary N) is 2. The molecule has 1 aliphatic rings. The standard InChI is InChI=1S/C16H21F4N3O2.ClH/c17-15(18)16(19,20)10-25-13-4-3-12(9-23-13)14(24)22-7-5-11-2-1-6-21-8-11;/h3-4,9,11,15,21H,1-2,5-8,10H2,(H,22,24);1H. The summed E-state index contributed by atoms with van der Waals surface area (Å²) in [5, 5.41) is 6.07. The quantitative estimate of drug-likeness (QED) is 0.660. The molecule has 1 aromatic rings. The Morgan fingerprint density at radius 2 is 2.19 bits per heavy atom. The number of pyridine rings is 1. The average Bonchev–Trinajstić information content (AvgIpc) is 2.61. The molecule has 26 heavy (non-hydrogen) atoms. The van der Waals surface area contributed by atoms with E-state index in [9.17, 15) is 22.4 Å². The molecule has 2 N–H and O–H groups in total. The Morgan fingerprint density at radius 1 is 1.42 bits per heavy atom. The van der Waals surface area contributed by atoms with Crippen LogP contribution in [0.25, 0.3) is 0 Å². The van der Waals surface area contributed by atoms with E-state index in [4.69, 9.17) is 0 Å². The topological polar surface area (TPSA) is 63.2 Å². The third-order valence-electron chi connectivity index (χ3n) is 3.97. The molecule has 0 radical (unpaired) electrons. The third kappa shape index (κ3) is 6.95. The Morgan fingerprint density at radius 3 is 2.77 bits per heavy atom. The van der Waals surface area contributed by atoms with Crippen molar-refractivity contribution in [3.63, 3.8) is 0 Å². The van der Waals surface area contributed by atoms with Gasteiger partial charge in [-0.2, -0.15) is 8.78 Å². The van der Waals surface area contributed by atoms with Gasteiger partial charge in [-0.3, -0.25) is 4.79 Å². The molecule has 1 aliphatic heterocycles. The Hall–Kier alpha value is -1.61. The number of hydrogen-bond acceptors (Lipinski definition) is 4. The summed E-state index contributed by atoms with van der Waals surface area (Å²) in [5.74, 6) is -4.28. The lowest BCUT2D eigenvalue weighted by Crippen LogP contribution is -2.34. The third-order valence-corrected chi connectivity index (χ3v) is 3.97. The van der Waals surface area contributed by atoms with Crippen molar-refractivity contribution >= 4 is 18.3 Å². The molecule has 0 spiro atoms. The molecule has 1 saturated heterocycles. The SMILES string of the molecule is Cl.O=C(NCCC1CCCNC1)c1ccc(OCC(F)(F)C(F)F)nc1. The van der Waals surface area contributed by atoms with Crippen molar-refractivity contribution in [1.82, 2.24) is 15.6 Å². The van der Waals surface area contributed by atoms with Gasteiger partial charge in [0.1, 0.15) is 0 Å². The molecule has 10 heteroatoms. The number of carbonyl (C=O) groups excluding carboxylic acids is 1. The molecule has 0 aliphatic carbocycles. The van der Waals surface area contributed by atoms with E-state index in [2.05, 4.69) is 20.4 Å². The van der Waals surface area contributed by atoms with Crippen molar-refractivity contribution in [1.29, 1.82) is 0 Å². The Bertz CT molecular complexity index is 555. The van der Waals surface area contributed by atoms with Crippen LogP contribution in [0.4, 0.5) is 17.6 Å². The molecule has 1 fully saturated rings. The molecule has 0 saturated carbocycles. The first-order valence-electron chi connectivity index (χ1n) is 8.12. The van der Waals surface area contributed by atoms with E-state index < -0.39 is 19.0 Å². The summed E-state index contributed by atoms with van der Waals surface area (Å²) in [6, 6.07) is 2.54. The second-order valence-corrected chi connectivity index (χ2v) is 5.99. The second-order valence-electron chi connectivity index (χ2n) is 5.99. The number of amides is 1. The van der Waals surface area contributed by atoms with Gasteiger partial charge in [-0.05, 0) is 44.3 Å². The first-order valence-corrected chi connectivity index (χ1v) is 8.12. The van der Waals surface area contributed by atoms with E-state index in [1.807, 2.05) is 0 Å². The van der Waals surface area contributed by atoms with Crippen LogP contribution in [-0.2, 0) is 0 Å². The molecule has 1 aromatic heterocycles. The number of carbonyl (C=O) groups is 1. The van der Waals surface area contributed by atoms with Crippen molar-refractivity contribution < 1.29 is 27.1 Å². The molecule has 1 atom stereocenters. The fourth-order valence-corrected chi connectivity index (χ4v) is 2.50. The highest BCUT2D eigenvalue weighted by molar-refractivity contribution is 5.93. The fraction of sp³-hybridized carbons (Fsp3) is 0.625. The zero-order chi connectivity index (χ0) is 18.3. The van der Waals surface area contributed by atoms with Crippen molar-refractivity contribution in [3.8, 4) is 5.88 Å². The van der Waals surface area contributed by atoms with Crippen LogP contribution in [0.3, 0.4) is 0 Å². The van der Waals surface area contributed by atoms with Gasteiger partial charge in [0.05, 0.1) is 5.56 Å². The highest BCUT2D eigenvalue weighted by Gasteiger charge is 2.41. The molecular weight excluding hydrogens is 378 g/mol. The first kappa shape index (κ1) is 22.4. The number of aromatic nitrogens is 1. The summed E-state index contributed by atoms with van der Waals surface area (Å²) >= 11 is 0. The second kappa shape index (κ2) is 10.5. The zero-order valence-electron chi connectivity index (χ0n) is 14.0. The number of hydrogen-bond donors (Lipinski definition) is 2. The van der Waals surface area contributed by atoms with E-state index in [0.717, 1.165) is 38.5 Å². The Labute approximate surface area is 155 Å². The fourth-order valence-electron chi connectivity index (χ4n) is 2.50. The number of halogens is 5. The largest absolute Gasteiger partial charge is 0.471 e. The van der Waals surface area contributed by atoms with Crippen molar-refractivity contribution in [2.24, 2.45) is 5.92 Å². The molecule has 2 rings (SSSR count). The first-order chi connectivity index (χ1) is 11.9. The Balaban J connectivity index is 0.00000338. The predicted molar refractivity (Wildman–Crippen MR) is 90.5 cm³/mol. The Kier molecular flexibility index (Phi) is 9.07. The smallest absolute Gasteiger partial charge is 0.340 e. The normalized spacial score (nSPS) is 17.5. The summed E-state index contributed by atoms with van der Waals surface area (Å²) in [4.78, 5) is 15.7. The molecule has 1 unspecified atom stereocenters. The van der Waals surface area contributed by atoms with E-state index in [-0.39, 0.29) is 29.8 Å². The van der Waals surface area contributed by atoms with Gasteiger partial charge in [0, 0.05) is 18.8 Å². The van der Waals surface area contributed by atoms with Crippen LogP contribution >= 0.6 is 12.4 Å². The maximum absolute atomic E-state index is 12.8. The lowest BCUT2D eigenvalue weighted by Gasteiger charge is -2.22. The zero-order valence-corrected chi connectivity index (χ0v) is 14.8. The van der Waals surface area contributed by atoms with E-state index in [1.165, 1.54) is 12.1 Å². The molecule has 148 valence electrons. The van der Waals surface area contributed by atoms with Crippen LogP contribution in [0, 0.1) is 5.92 Å². The molecule has 1 amide bonds. The lowest BCUT2D eigenvalue weighted by molar-refractivity contribution is -0.148. The number of piperidine rings is 1. The van der Waals surface area contributed by atoms with Gasteiger partial charge in [0.25, 0.3) is 5.91 Å². The van der Waals surface area contributed by atoms with Gasteiger partial charge >= 0.3 is 12.3 Å². The van der Waals surface area contributed by atoms with Crippen LogP contribution in [0.15, 0.2) is 18.3 Å². The number of alkyl halides is 4. The highest BCUT2D eigenvalue weighted by atomic mass is 35.5. The van der Waals surface area contributed by atoms with Gasteiger partial charge < -0.3 is 15.4 Å². The summed E-state index contributed by atoms with van der Waals surface area (Å²) in [6.45, 7) is 1.04. The van der Waals surface area contributed by atoms with E-state index in [1.54, 1.807) is 0 Å². The van der Waals surface area contributed by atoms with E-state index >= 15 is 0 Å². The molecule has 0 bridgehead atoms. The predicted octanol–water partition coefficient (Wildman–Crippen LogP) is 2.90. The monoisotopic (exact) mass is 399 g/mol. The van der Waals surface area contributed by atoms with Gasteiger partial charge in [-0.25, -0.2) is 13.8 Å². The van der Waals surface area contributed by atoms with Crippen LogP contribution in [0.2, 0.25) is 0 Å². The minimum Gasteiger partial charge on any atom is -0.471 e. The lowest BCUT2D eigenvalue weighted by atomic mass is 9.96. The maximum Gasteiger partial charge on any atom is 0.340 e. The van der Waals surface area contributed by atoms with Crippen LogP contribution < -0.4 is 15.4 Å². The van der Waals surface area contributed by atoms with Crippen molar-refractivity contribution in [2.45, 2.75) is 31.6 Å². The van der Waals surface area contributed by atoms with Gasteiger partial charge in [0.15, 0.2) is 6.61 Å². The summed E-state index contributed by atoms with van der Waals surface area (Å²) < 4.78 is 54.1. The average molecular weight is 400 g/mol. The van der Waals surface area contributed by atoms with Crippen LogP contribution in [0.5, 0.6) is 5.88 Å². The van der Waals surface area contributed by atoms with E-state index in [0.29, 0.717) is 12.5 Å². The number of ether oxygens (including phenoxy) is 1. The molecule has 0 aromatic carbocycles.